The quantitative estimate of drug-likeness (QED) is 0.714. The summed E-state index contributed by atoms with van der Waals surface area (Å²) >= 11 is 0. The summed E-state index contributed by atoms with van der Waals surface area (Å²) < 4.78 is 1.95. The van der Waals surface area contributed by atoms with E-state index in [1.54, 1.807) is 12.4 Å². The largest absolute Gasteiger partial charge is 0.355 e. The van der Waals surface area contributed by atoms with Gasteiger partial charge in [-0.05, 0) is 37.8 Å². The molecule has 0 bridgehead atoms. The molecule has 0 spiro atoms. The lowest BCUT2D eigenvalue weighted by Gasteiger charge is -2.31. The average molecular weight is 350 g/mol. The van der Waals surface area contributed by atoms with Gasteiger partial charge >= 0.3 is 0 Å². The highest BCUT2D eigenvalue weighted by Gasteiger charge is 2.26. The number of piperidine rings is 1. The first-order chi connectivity index (χ1) is 12.9. The molecule has 0 N–H and O–H groups in total. The molecule has 2 saturated heterocycles. The van der Waals surface area contributed by atoms with Crippen molar-refractivity contribution in [2.75, 3.05) is 36.0 Å². The van der Waals surface area contributed by atoms with Crippen molar-refractivity contribution in [1.29, 1.82) is 0 Å². The van der Waals surface area contributed by atoms with Gasteiger partial charge in [-0.1, -0.05) is 0 Å². The van der Waals surface area contributed by atoms with Gasteiger partial charge in [-0.3, -0.25) is 4.98 Å². The van der Waals surface area contributed by atoms with Crippen LogP contribution in [0.2, 0.25) is 0 Å². The average Bonchev–Trinajstić information content (AvgIpc) is 3.38. The lowest BCUT2D eigenvalue weighted by atomic mass is 9.96. The number of aromatic nitrogens is 6. The molecular weight excluding hydrogens is 328 g/mol. The molecule has 0 saturated carbocycles. The van der Waals surface area contributed by atoms with Crippen molar-refractivity contribution < 1.29 is 0 Å². The summed E-state index contributed by atoms with van der Waals surface area (Å²) in [4.78, 5) is 13.2. The second kappa shape index (κ2) is 6.51. The Morgan fingerprint density at radius 3 is 2.42 bits per heavy atom. The number of fused-ring (bicyclic) bond motifs is 1. The third-order valence-electron chi connectivity index (χ3n) is 5.44. The molecule has 0 radical (unpaired) electrons. The van der Waals surface area contributed by atoms with Crippen LogP contribution < -0.4 is 9.80 Å². The Hall–Kier alpha value is -2.77. The van der Waals surface area contributed by atoms with Gasteiger partial charge in [0.05, 0.1) is 6.20 Å². The summed E-state index contributed by atoms with van der Waals surface area (Å²) in [5, 5.41) is 13.7. The van der Waals surface area contributed by atoms with Crippen LogP contribution in [0.3, 0.4) is 0 Å². The second-order valence-electron chi connectivity index (χ2n) is 7.04. The monoisotopic (exact) mass is 350 g/mol. The molecule has 3 aromatic heterocycles. The van der Waals surface area contributed by atoms with Crippen LogP contribution in [0.1, 0.15) is 37.4 Å². The molecule has 3 aromatic rings. The third-order valence-corrected chi connectivity index (χ3v) is 5.44. The minimum atomic E-state index is 0.374. The Kier molecular flexibility index (Phi) is 3.88. The summed E-state index contributed by atoms with van der Waals surface area (Å²) in [7, 11) is 0. The minimum Gasteiger partial charge on any atom is -0.355 e. The Balaban J connectivity index is 1.37. The Bertz CT molecular complexity index is 879. The fourth-order valence-corrected chi connectivity index (χ4v) is 3.99. The van der Waals surface area contributed by atoms with Gasteiger partial charge in [-0.15, -0.1) is 15.3 Å². The van der Waals surface area contributed by atoms with Gasteiger partial charge in [0.25, 0.3) is 0 Å². The normalized spacial score (nSPS) is 18.8. The van der Waals surface area contributed by atoms with Gasteiger partial charge in [0.15, 0.2) is 11.5 Å². The third kappa shape index (κ3) is 2.75. The molecule has 0 unspecified atom stereocenters. The van der Waals surface area contributed by atoms with Gasteiger partial charge in [0, 0.05) is 44.5 Å². The van der Waals surface area contributed by atoms with Crippen molar-refractivity contribution in [2.45, 2.75) is 31.6 Å². The van der Waals surface area contributed by atoms with E-state index < -0.39 is 0 Å². The van der Waals surface area contributed by atoms with Crippen LogP contribution in [0.4, 0.5) is 11.6 Å². The molecule has 5 rings (SSSR count). The van der Waals surface area contributed by atoms with Crippen LogP contribution in [-0.2, 0) is 0 Å². The summed E-state index contributed by atoms with van der Waals surface area (Å²) in [5.74, 6) is 3.35. The molecule has 134 valence electrons. The van der Waals surface area contributed by atoms with E-state index in [2.05, 4.69) is 36.0 Å². The fourth-order valence-electron chi connectivity index (χ4n) is 3.99. The van der Waals surface area contributed by atoms with Crippen molar-refractivity contribution in [1.82, 2.24) is 29.8 Å². The SMILES string of the molecule is c1cnc(N2CCC(c3nnc4ccc(N5CCCC5)nn34)CC2)cn1. The smallest absolute Gasteiger partial charge is 0.178 e. The molecule has 0 atom stereocenters. The van der Waals surface area contributed by atoms with E-state index in [9.17, 15) is 0 Å². The highest BCUT2D eigenvalue weighted by Crippen LogP contribution is 2.29. The maximum Gasteiger partial charge on any atom is 0.178 e. The van der Waals surface area contributed by atoms with Crippen LogP contribution in [0, 0.1) is 0 Å². The van der Waals surface area contributed by atoms with E-state index in [0.717, 1.165) is 62.1 Å². The number of hydrogen-bond donors (Lipinski definition) is 0. The molecule has 2 aliphatic rings. The Labute approximate surface area is 151 Å². The van der Waals surface area contributed by atoms with Crippen LogP contribution in [0.15, 0.2) is 30.7 Å². The topological polar surface area (TPSA) is 75.3 Å². The molecule has 8 nitrogen and oxygen atoms in total. The van der Waals surface area contributed by atoms with Gasteiger partial charge in [0.1, 0.15) is 11.6 Å². The molecule has 5 heterocycles. The van der Waals surface area contributed by atoms with Crippen LogP contribution in [-0.4, -0.2) is 56.0 Å². The zero-order chi connectivity index (χ0) is 17.3. The van der Waals surface area contributed by atoms with Crippen LogP contribution in [0.25, 0.3) is 5.65 Å². The lowest BCUT2D eigenvalue weighted by molar-refractivity contribution is 0.475. The summed E-state index contributed by atoms with van der Waals surface area (Å²) in [5.41, 5.74) is 0.833. The second-order valence-corrected chi connectivity index (χ2v) is 7.04. The first kappa shape index (κ1) is 15.5. The van der Waals surface area contributed by atoms with Crippen LogP contribution in [0.5, 0.6) is 0 Å². The molecule has 0 aromatic carbocycles. The number of rotatable bonds is 3. The standard InChI is InChI=1S/C18H22N8/c1-2-10-24(9-1)16-4-3-15-21-22-18(26(15)23-16)14-5-11-25(12-6-14)17-13-19-7-8-20-17/h3-4,7-8,13-14H,1-2,5-6,9-12H2. The van der Waals surface area contributed by atoms with E-state index in [-0.39, 0.29) is 0 Å². The number of anilines is 2. The Morgan fingerprint density at radius 2 is 1.65 bits per heavy atom. The first-order valence-electron chi connectivity index (χ1n) is 9.37. The van der Waals surface area contributed by atoms with Crippen molar-refractivity contribution in [3.05, 3.63) is 36.5 Å². The van der Waals surface area contributed by atoms with Gasteiger partial charge in [-0.25, -0.2) is 4.98 Å². The molecule has 8 heteroatoms. The molecule has 2 fully saturated rings. The van der Waals surface area contributed by atoms with Gasteiger partial charge in [-0.2, -0.15) is 4.52 Å². The molecule has 0 amide bonds. The molecule has 2 aliphatic heterocycles. The molecule has 0 aliphatic carbocycles. The maximum absolute atomic E-state index is 4.85. The van der Waals surface area contributed by atoms with E-state index in [1.165, 1.54) is 12.8 Å². The van der Waals surface area contributed by atoms with Crippen molar-refractivity contribution in [2.24, 2.45) is 0 Å². The predicted molar refractivity (Wildman–Crippen MR) is 98.4 cm³/mol. The lowest BCUT2D eigenvalue weighted by Crippen LogP contribution is -2.34. The number of hydrogen-bond acceptors (Lipinski definition) is 7. The minimum absolute atomic E-state index is 0.374. The zero-order valence-corrected chi connectivity index (χ0v) is 14.7. The summed E-state index contributed by atoms with van der Waals surface area (Å²) in [6, 6.07) is 4.10. The van der Waals surface area contributed by atoms with Gasteiger partial charge in [0.2, 0.25) is 0 Å². The Morgan fingerprint density at radius 1 is 0.846 bits per heavy atom. The van der Waals surface area contributed by atoms with Crippen molar-refractivity contribution in [3.63, 3.8) is 0 Å². The zero-order valence-electron chi connectivity index (χ0n) is 14.7. The highest BCUT2D eigenvalue weighted by atomic mass is 15.4. The van der Waals surface area contributed by atoms with Crippen LogP contribution >= 0.6 is 0 Å². The van der Waals surface area contributed by atoms with Crippen molar-refractivity contribution >= 4 is 17.3 Å². The van der Waals surface area contributed by atoms with Crippen molar-refractivity contribution in [3.8, 4) is 0 Å². The molecular formula is C18H22N8. The summed E-state index contributed by atoms with van der Waals surface area (Å²) in [6.45, 7) is 4.08. The van der Waals surface area contributed by atoms with E-state index in [4.69, 9.17) is 5.10 Å². The number of nitrogens with zero attached hydrogens (tertiary/aromatic N) is 8. The van der Waals surface area contributed by atoms with E-state index in [1.807, 2.05) is 16.8 Å². The highest BCUT2D eigenvalue weighted by molar-refractivity contribution is 5.46. The first-order valence-corrected chi connectivity index (χ1v) is 9.37. The maximum atomic E-state index is 4.85. The van der Waals surface area contributed by atoms with E-state index in [0.29, 0.717) is 5.92 Å². The fraction of sp³-hybridized carbons (Fsp3) is 0.500. The van der Waals surface area contributed by atoms with Gasteiger partial charge < -0.3 is 9.80 Å². The predicted octanol–water partition coefficient (Wildman–Crippen LogP) is 1.90. The van der Waals surface area contributed by atoms with E-state index >= 15 is 0 Å². The molecule has 26 heavy (non-hydrogen) atoms. The summed E-state index contributed by atoms with van der Waals surface area (Å²) in [6.07, 6.45) is 9.82.